The summed E-state index contributed by atoms with van der Waals surface area (Å²) in [4.78, 5) is 15.3. The van der Waals surface area contributed by atoms with Gasteiger partial charge in [0.25, 0.3) is 0 Å². The third-order valence-electron chi connectivity index (χ3n) is 10.3. The van der Waals surface area contributed by atoms with Crippen molar-refractivity contribution in [2.45, 2.75) is 0 Å². The molecule has 55 heavy (non-hydrogen) atoms. The van der Waals surface area contributed by atoms with E-state index in [1.54, 1.807) is 6.07 Å². The largest absolute Gasteiger partial charge is 0.508 e. The fraction of sp³-hybridized carbons (Fsp3) is 0. The molecule has 0 saturated heterocycles. The van der Waals surface area contributed by atoms with Gasteiger partial charge in [0.15, 0.2) is 40.1 Å². The maximum atomic E-state index is 11.1. The van der Waals surface area contributed by atoms with Crippen molar-refractivity contribution in [3.8, 4) is 73.7 Å². The molecule has 0 aliphatic rings. The number of phenols is 3. The molecule has 0 fully saturated rings. The fourth-order valence-corrected chi connectivity index (χ4v) is 7.70. The molecule has 8 aromatic carbocycles. The van der Waals surface area contributed by atoms with Gasteiger partial charge in [-0.05, 0) is 62.0 Å². The molecule has 0 unspecified atom stereocenters. The van der Waals surface area contributed by atoms with E-state index in [0.717, 1.165) is 33.4 Å². The molecule has 0 spiro atoms. The Labute approximate surface area is 315 Å². The van der Waals surface area contributed by atoms with E-state index in [0.29, 0.717) is 39.3 Å². The normalized spacial score (nSPS) is 11.6. The van der Waals surface area contributed by atoms with Crippen LogP contribution in [0.3, 0.4) is 0 Å². The van der Waals surface area contributed by atoms with E-state index in [1.807, 2.05) is 56.4 Å². The zero-order valence-electron chi connectivity index (χ0n) is 29.5. The van der Waals surface area contributed by atoms with Gasteiger partial charge in [-0.2, -0.15) is 0 Å². The van der Waals surface area contributed by atoms with Crippen molar-refractivity contribution in [1.82, 2.24) is 15.0 Å². The van der Waals surface area contributed by atoms with E-state index < -0.39 is 0 Å². The van der Waals surface area contributed by atoms with Gasteiger partial charge in [-0.15, -0.1) is 0 Å². The zero-order valence-corrected chi connectivity index (χ0v) is 29.5. The van der Waals surface area contributed by atoms with Crippen LogP contribution in [0.1, 0.15) is 0 Å². The zero-order chi connectivity index (χ0) is 37.2. The topological polar surface area (TPSA) is 113 Å². The number of aromatic nitrogens is 3. The molecule has 0 amide bonds. The van der Waals surface area contributed by atoms with E-state index in [9.17, 15) is 15.3 Å². The van der Waals surface area contributed by atoms with Crippen LogP contribution in [0, 0.1) is 0 Å². The summed E-state index contributed by atoms with van der Waals surface area (Å²) in [7, 11) is 1.86. The van der Waals surface area contributed by atoms with E-state index in [2.05, 4.69) is 84.9 Å². The van der Waals surface area contributed by atoms with Gasteiger partial charge in [0.05, 0.1) is 0 Å². The van der Waals surface area contributed by atoms with Gasteiger partial charge in [-0.25, -0.2) is 15.0 Å². The molecule has 10 rings (SSSR count). The van der Waals surface area contributed by atoms with Crippen molar-refractivity contribution in [2.24, 2.45) is 0 Å². The second-order valence-corrected chi connectivity index (χ2v) is 13.8. The van der Waals surface area contributed by atoms with Crippen molar-refractivity contribution < 1.29 is 19.7 Å². The van der Waals surface area contributed by atoms with Crippen LogP contribution in [-0.4, -0.2) is 38.1 Å². The summed E-state index contributed by atoms with van der Waals surface area (Å²) >= 11 is 0. The summed E-state index contributed by atoms with van der Waals surface area (Å²) in [6, 6.07) is 50.0. The molecule has 0 bridgehead atoms. The second kappa shape index (κ2) is 12.6. The summed E-state index contributed by atoms with van der Waals surface area (Å²) in [5.41, 5.74) is 7.29. The van der Waals surface area contributed by atoms with Crippen molar-refractivity contribution in [3.63, 3.8) is 0 Å². The molecular weight excluding hydrogens is 681 g/mol. The molecule has 0 aliphatic heterocycles. The molecule has 2 heterocycles. The molecule has 8 heteroatoms. The minimum atomic E-state index is -0.247. The van der Waals surface area contributed by atoms with E-state index >= 15 is 0 Å². The van der Waals surface area contributed by atoms with Crippen LogP contribution in [-0.2, 0) is 0 Å². The number of furan rings is 1. The lowest BCUT2D eigenvalue weighted by molar-refractivity contribution is 0.445. The molecule has 0 radical (unpaired) electrons. The smallest absolute Gasteiger partial charge is 0.177 e. The van der Waals surface area contributed by atoms with Crippen LogP contribution in [0.4, 0.5) is 0 Å². The summed E-state index contributed by atoms with van der Waals surface area (Å²) in [5, 5.41) is 38.0. The third-order valence-corrected chi connectivity index (χ3v) is 10.3. The van der Waals surface area contributed by atoms with Crippen LogP contribution in [0.25, 0.3) is 99.9 Å². The number of phenolic OH excluding ortho intramolecular Hbond substituents is 3. The van der Waals surface area contributed by atoms with Crippen molar-refractivity contribution in [1.29, 1.82) is 0 Å². The third kappa shape index (κ3) is 5.42. The first-order valence-corrected chi connectivity index (χ1v) is 17.9. The van der Waals surface area contributed by atoms with Crippen molar-refractivity contribution in [2.75, 3.05) is 0 Å². The summed E-state index contributed by atoms with van der Waals surface area (Å²) in [6.45, 7) is 0. The molecule has 3 N–H and O–H groups in total. The molecule has 0 atom stereocenters. The average Bonchev–Trinajstić information content (AvgIpc) is 3.61. The predicted octanol–water partition coefficient (Wildman–Crippen LogP) is 9.79. The SMILES string of the molecule is Bc1cc(O)c2oc3c(O)cc(O)cc3c2c1-c1nc(-c2ccc(-c3ccc4ccc5ccccc5c4c3)cc2)nc(-c2ccccc2-c2ccccc2)n1. The highest BCUT2D eigenvalue weighted by atomic mass is 16.4. The monoisotopic (exact) mass is 711 g/mol. The number of aromatic hydroxyl groups is 3. The van der Waals surface area contributed by atoms with Crippen molar-refractivity contribution in [3.05, 3.63) is 152 Å². The minimum absolute atomic E-state index is 0.104. The van der Waals surface area contributed by atoms with Crippen LogP contribution in [0.15, 0.2) is 156 Å². The minimum Gasteiger partial charge on any atom is -0.508 e. The molecular formula is C47H30BN3O4. The highest BCUT2D eigenvalue weighted by Crippen LogP contribution is 2.44. The maximum absolute atomic E-state index is 11.1. The first kappa shape index (κ1) is 32.2. The highest BCUT2D eigenvalue weighted by molar-refractivity contribution is 6.39. The van der Waals surface area contributed by atoms with Gasteiger partial charge in [0, 0.05) is 33.5 Å². The van der Waals surface area contributed by atoms with Gasteiger partial charge in [-0.1, -0.05) is 133 Å². The summed E-state index contributed by atoms with van der Waals surface area (Å²) in [5.74, 6) is 0.770. The van der Waals surface area contributed by atoms with Gasteiger partial charge in [0.2, 0.25) is 0 Å². The first-order valence-electron chi connectivity index (χ1n) is 17.9. The Hall–Kier alpha value is -7.45. The Morgan fingerprint density at radius 1 is 0.436 bits per heavy atom. The Morgan fingerprint density at radius 2 is 1.05 bits per heavy atom. The molecule has 2 aromatic heterocycles. The van der Waals surface area contributed by atoms with Gasteiger partial charge in [0.1, 0.15) is 13.6 Å². The number of fused-ring (bicyclic) bond motifs is 6. The maximum Gasteiger partial charge on any atom is 0.177 e. The second-order valence-electron chi connectivity index (χ2n) is 13.8. The van der Waals surface area contributed by atoms with Crippen LogP contribution in [0.5, 0.6) is 17.2 Å². The lowest BCUT2D eigenvalue weighted by Gasteiger charge is -2.14. The predicted molar refractivity (Wildman–Crippen MR) is 222 cm³/mol. The number of hydrogen-bond acceptors (Lipinski definition) is 7. The van der Waals surface area contributed by atoms with Gasteiger partial charge < -0.3 is 19.7 Å². The number of benzene rings is 8. The molecule has 260 valence electrons. The Kier molecular flexibility index (Phi) is 7.38. The van der Waals surface area contributed by atoms with Gasteiger partial charge >= 0.3 is 0 Å². The Morgan fingerprint density at radius 3 is 1.87 bits per heavy atom. The van der Waals surface area contributed by atoms with E-state index in [1.165, 1.54) is 33.7 Å². The van der Waals surface area contributed by atoms with Crippen molar-refractivity contribution >= 4 is 56.8 Å². The molecule has 10 aromatic rings. The lowest BCUT2D eigenvalue weighted by atomic mass is 9.86. The molecule has 7 nitrogen and oxygen atoms in total. The van der Waals surface area contributed by atoms with Gasteiger partial charge in [-0.3, -0.25) is 0 Å². The Bertz CT molecular complexity index is 3140. The number of hydrogen-bond donors (Lipinski definition) is 3. The van der Waals surface area contributed by atoms with Crippen LogP contribution < -0.4 is 5.46 Å². The van der Waals surface area contributed by atoms with E-state index in [-0.39, 0.29) is 28.4 Å². The van der Waals surface area contributed by atoms with Crippen LogP contribution in [0.2, 0.25) is 0 Å². The number of rotatable bonds is 5. The molecule has 0 saturated carbocycles. The lowest BCUT2D eigenvalue weighted by Crippen LogP contribution is -2.11. The molecule has 0 aliphatic carbocycles. The number of nitrogens with zero attached hydrogens (tertiary/aromatic N) is 3. The standard InChI is InChI=1S/C47H30BN3O4/c48-38-25-40(54)44-41(37-23-32(52)24-39(53)43(37)55-44)42(38)47-50-45(49-46(51-47)35-13-7-6-11-33(35)27-8-2-1-3-9-27)30-19-14-26(15-20-30)31-21-18-29-17-16-28-10-4-5-12-34(28)36(29)22-31/h1-25,52-54H,48H2. The van der Waals surface area contributed by atoms with E-state index in [4.69, 9.17) is 19.4 Å². The summed E-state index contributed by atoms with van der Waals surface area (Å²) in [6.07, 6.45) is 0. The average molecular weight is 712 g/mol. The Balaban J connectivity index is 1.18. The first-order chi connectivity index (χ1) is 26.9. The fourth-order valence-electron chi connectivity index (χ4n) is 7.70. The quantitative estimate of drug-likeness (QED) is 0.120. The summed E-state index contributed by atoms with van der Waals surface area (Å²) < 4.78 is 6.02. The van der Waals surface area contributed by atoms with Crippen LogP contribution >= 0.6 is 0 Å². The highest BCUT2D eigenvalue weighted by Gasteiger charge is 2.24.